The van der Waals surface area contributed by atoms with E-state index in [-0.39, 0.29) is 29.8 Å². The molecule has 0 aliphatic heterocycles. The molecule has 4 rings (SSSR count). The van der Waals surface area contributed by atoms with Crippen LogP contribution in [0.3, 0.4) is 0 Å². The highest BCUT2D eigenvalue weighted by molar-refractivity contribution is 5.83. The van der Waals surface area contributed by atoms with E-state index in [1.807, 2.05) is 0 Å². The van der Waals surface area contributed by atoms with E-state index in [2.05, 4.69) is 13.8 Å². The summed E-state index contributed by atoms with van der Waals surface area (Å²) in [6.45, 7) is 4.57. The number of hydrogen-bond donors (Lipinski definition) is 2. The summed E-state index contributed by atoms with van der Waals surface area (Å²) in [5.74, 6) is 3.08. The van der Waals surface area contributed by atoms with Crippen molar-refractivity contribution in [2.75, 3.05) is 6.61 Å². The zero-order valence-electron chi connectivity index (χ0n) is 15.3. The van der Waals surface area contributed by atoms with Crippen molar-refractivity contribution < 1.29 is 15.0 Å². The molecule has 4 aliphatic carbocycles. The molecule has 3 nitrogen and oxygen atoms in total. The Morgan fingerprint density at radius 3 is 2.42 bits per heavy atom. The molecule has 0 radical (unpaired) electrons. The van der Waals surface area contributed by atoms with Crippen molar-refractivity contribution >= 4 is 5.78 Å². The molecule has 0 saturated heterocycles. The van der Waals surface area contributed by atoms with Gasteiger partial charge in [0, 0.05) is 5.92 Å². The van der Waals surface area contributed by atoms with Crippen LogP contribution in [0.4, 0.5) is 0 Å². The molecule has 0 aromatic carbocycles. The molecular formula is C21H34O3. The predicted molar refractivity (Wildman–Crippen MR) is 93.3 cm³/mol. The molecular weight excluding hydrogens is 300 g/mol. The number of aliphatic hydroxyl groups is 2. The Morgan fingerprint density at radius 2 is 1.67 bits per heavy atom. The van der Waals surface area contributed by atoms with Crippen LogP contribution in [-0.4, -0.2) is 28.7 Å². The Kier molecular flexibility index (Phi) is 4.12. The van der Waals surface area contributed by atoms with Gasteiger partial charge < -0.3 is 10.2 Å². The molecule has 0 unspecified atom stereocenters. The van der Waals surface area contributed by atoms with Gasteiger partial charge in [0.1, 0.15) is 6.61 Å². The summed E-state index contributed by atoms with van der Waals surface area (Å²) in [5.41, 5.74) is 0.529. The Labute approximate surface area is 146 Å². The van der Waals surface area contributed by atoms with Gasteiger partial charge >= 0.3 is 0 Å². The quantitative estimate of drug-likeness (QED) is 0.812. The lowest BCUT2D eigenvalue weighted by molar-refractivity contribution is -0.141. The lowest BCUT2D eigenvalue weighted by atomic mass is 9.44. The van der Waals surface area contributed by atoms with Gasteiger partial charge in [0.25, 0.3) is 0 Å². The van der Waals surface area contributed by atoms with Gasteiger partial charge in [-0.3, -0.25) is 4.79 Å². The minimum absolute atomic E-state index is 0.0773. The van der Waals surface area contributed by atoms with Crippen LogP contribution in [0.15, 0.2) is 0 Å². The predicted octanol–water partition coefficient (Wildman–Crippen LogP) is 3.57. The van der Waals surface area contributed by atoms with E-state index in [0.29, 0.717) is 17.3 Å². The normalized spacial score (nSPS) is 53.8. The van der Waals surface area contributed by atoms with Crippen molar-refractivity contribution in [3.63, 3.8) is 0 Å². The van der Waals surface area contributed by atoms with Gasteiger partial charge in [0.2, 0.25) is 0 Å². The maximum atomic E-state index is 12.3. The van der Waals surface area contributed by atoms with E-state index in [1.54, 1.807) is 0 Å². The van der Waals surface area contributed by atoms with Crippen molar-refractivity contribution in [2.24, 2.45) is 40.4 Å². The summed E-state index contributed by atoms with van der Waals surface area (Å²) >= 11 is 0. The SMILES string of the molecule is C[C@@]12CC[C@H](O)C[C@@H]1CC[C@H]1[C@H]2CC[C@]2(C)[C@@H]1CC[C@H]2C(=O)CO. The molecule has 0 aromatic heterocycles. The number of hydrogen-bond acceptors (Lipinski definition) is 3. The van der Waals surface area contributed by atoms with Crippen molar-refractivity contribution in [1.82, 2.24) is 0 Å². The third kappa shape index (κ3) is 2.26. The van der Waals surface area contributed by atoms with Crippen LogP contribution in [0.25, 0.3) is 0 Å². The van der Waals surface area contributed by atoms with Gasteiger partial charge in [-0.2, -0.15) is 0 Å². The Balaban J connectivity index is 1.60. The highest BCUT2D eigenvalue weighted by Gasteiger charge is 2.60. The minimum atomic E-state index is -0.279. The molecule has 3 heteroatoms. The summed E-state index contributed by atoms with van der Waals surface area (Å²) in [4.78, 5) is 12.3. The third-order valence-electron chi connectivity index (χ3n) is 9.18. The maximum absolute atomic E-state index is 12.3. The van der Waals surface area contributed by atoms with E-state index >= 15 is 0 Å². The lowest BCUT2D eigenvalue weighted by Gasteiger charge is -2.60. The zero-order valence-corrected chi connectivity index (χ0v) is 15.3. The van der Waals surface area contributed by atoms with E-state index in [0.717, 1.165) is 37.5 Å². The van der Waals surface area contributed by atoms with Gasteiger partial charge in [-0.05, 0) is 92.3 Å². The fraction of sp³-hybridized carbons (Fsp3) is 0.952. The van der Waals surface area contributed by atoms with Gasteiger partial charge in [-0.25, -0.2) is 0 Å². The highest BCUT2D eigenvalue weighted by Crippen LogP contribution is 2.67. The average molecular weight is 335 g/mol. The molecule has 0 bridgehead atoms. The van der Waals surface area contributed by atoms with Gasteiger partial charge in [-0.15, -0.1) is 0 Å². The maximum Gasteiger partial charge on any atom is 0.161 e. The molecule has 0 amide bonds. The number of rotatable bonds is 2. The van der Waals surface area contributed by atoms with Crippen LogP contribution in [0, 0.1) is 40.4 Å². The second-order valence-corrected chi connectivity index (χ2v) is 9.88. The lowest BCUT2D eigenvalue weighted by Crippen LogP contribution is -2.54. The van der Waals surface area contributed by atoms with Gasteiger partial charge in [0.05, 0.1) is 6.10 Å². The van der Waals surface area contributed by atoms with E-state index < -0.39 is 0 Å². The molecule has 2 N–H and O–H groups in total. The van der Waals surface area contributed by atoms with Crippen molar-refractivity contribution in [2.45, 2.75) is 77.7 Å². The van der Waals surface area contributed by atoms with Gasteiger partial charge in [0.15, 0.2) is 5.78 Å². The second-order valence-electron chi connectivity index (χ2n) is 9.88. The molecule has 136 valence electrons. The molecule has 8 atom stereocenters. The second kappa shape index (κ2) is 5.81. The van der Waals surface area contributed by atoms with Crippen molar-refractivity contribution in [1.29, 1.82) is 0 Å². The molecule has 4 aliphatic rings. The van der Waals surface area contributed by atoms with Crippen LogP contribution in [0.2, 0.25) is 0 Å². The molecule has 0 heterocycles. The Morgan fingerprint density at radius 1 is 0.958 bits per heavy atom. The number of ketones is 1. The summed E-state index contributed by atoms with van der Waals surface area (Å²) in [6.07, 6.45) is 10.2. The fourth-order valence-corrected chi connectivity index (χ4v) is 7.87. The molecule has 24 heavy (non-hydrogen) atoms. The average Bonchev–Trinajstić information content (AvgIpc) is 2.92. The highest BCUT2D eigenvalue weighted by atomic mass is 16.3. The van der Waals surface area contributed by atoms with E-state index in [9.17, 15) is 15.0 Å². The van der Waals surface area contributed by atoms with Crippen LogP contribution in [-0.2, 0) is 4.79 Å². The first kappa shape index (κ1) is 17.0. The molecule has 4 fully saturated rings. The summed E-state index contributed by atoms with van der Waals surface area (Å²) in [7, 11) is 0. The van der Waals surface area contributed by atoms with Gasteiger partial charge in [-0.1, -0.05) is 13.8 Å². The van der Waals surface area contributed by atoms with E-state index in [4.69, 9.17) is 0 Å². The summed E-state index contributed by atoms with van der Waals surface area (Å²) < 4.78 is 0. The zero-order chi connectivity index (χ0) is 17.1. The van der Waals surface area contributed by atoms with Crippen LogP contribution in [0.1, 0.15) is 71.6 Å². The molecule has 4 saturated carbocycles. The Bertz CT molecular complexity index is 517. The first-order valence-corrected chi connectivity index (χ1v) is 10.2. The monoisotopic (exact) mass is 334 g/mol. The number of aliphatic hydroxyl groups excluding tert-OH is 2. The number of fused-ring (bicyclic) bond motifs is 5. The largest absolute Gasteiger partial charge is 0.393 e. The minimum Gasteiger partial charge on any atom is -0.393 e. The van der Waals surface area contributed by atoms with Crippen LogP contribution in [0.5, 0.6) is 0 Å². The fourth-order valence-electron chi connectivity index (χ4n) is 7.87. The number of carbonyl (C=O) groups is 1. The molecule has 0 aromatic rings. The summed E-state index contributed by atoms with van der Waals surface area (Å²) in [6, 6.07) is 0. The van der Waals surface area contributed by atoms with Crippen molar-refractivity contribution in [3.05, 3.63) is 0 Å². The smallest absolute Gasteiger partial charge is 0.161 e. The molecule has 0 spiro atoms. The summed E-state index contributed by atoms with van der Waals surface area (Å²) in [5, 5.41) is 19.5. The topological polar surface area (TPSA) is 57.5 Å². The van der Waals surface area contributed by atoms with Crippen molar-refractivity contribution in [3.8, 4) is 0 Å². The van der Waals surface area contributed by atoms with Crippen LogP contribution >= 0.6 is 0 Å². The first-order valence-electron chi connectivity index (χ1n) is 10.2. The number of Topliss-reactive ketones (excluding diaryl/α,β-unsaturated/α-hetero) is 1. The Hall–Kier alpha value is -0.410. The standard InChI is InChI=1S/C21H34O3/c1-20-9-7-14(23)11-13(20)3-4-15-16-5-6-18(19(24)12-22)21(16,2)10-8-17(15)20/h13-18,22-23H,3-12H2,1-2H3/t13-,14-,15+,16+,17+,18-,20+,21+/m0/s1. The number of carbonyl (C=O) groups excluding carboxylic acids is 1. The van der Waals surface area contributed by atoms with E-state index in [1.165, 1.54) is 32.1 Å². The first-order chi connectivity index (χ1) is 11.4. The third-order valence-corrected chi connectivity index (χ3v) is 9.18. The van der Waals surface area contributed by atoms with Crippen LogP contribution < -0.4 is 0 Å².